The van der Waals surface area contributed by atoms with E-state index in [0.29, 0.717) is 23.2 Å². The number of piperidine rings is 1. The lowest BCUT2D eigenvalue weighted by Crippen LogP contribution is -2.38. The molecule has 2 aromatic rings. The van der Waals surface area contributed by atoms with Gasteiger partial charge >= 0.3 is 0 Å². The van der Waals surface area contributed by atoms with Crippen molar-refractivity contribution in [2.24, 2.45) is 5.92 Å². The molecule has 0 bridgehead atoms. The van der Waals surface area contributed by atoms with E-state index in [1.165, 1.54) is 11.8 Å². The van der Waals surface area contributed by atoms with Gasteiger partial charge in [-0.1, -0.05) is 11.8 Å². The van der Waals surface area contributed by atoms with Crippen molar-refractivity contribution in [3.05, 3.63) is 36.3 Å². The highest BCUT2D eigenvalue weighted by Crippen LogP contribution is 2.26. The monoisotopic (exact) mass is 341 g/mol. The number of ether oxygens (including phenoxy) is 1. The Morgan fingerprint density at radius 3 is 3.00 bits per heavy atom. The summed E-state index contributed by atoms with van der Waals surface area (Å²) in [6.45, 7) is 2.40. The fourth-order valence-electron chi connectivity index (χ4n) is 2.82. The minimum atomic E-state index is 0.408. The molecule has 1 atom stereocenters. The summed E-state index contributed by atoms with van der Waals surface area (Å²) in [7, 11) is 0. The van der Waals surface area contributed by atoms with Crippen LogP contribution in [0.3, 0.4) is 0 Å². The number of pyridine rings is 1. The van der Waals surface area contributed by atoms with E-state index in [1.807, 2.05) is 18.4 Å². The molecule has 124 valence electrons. The maximum atomic E-state index is 9.34. The Morgan fingerprint density at radius 1 is 1.42 bits per heavy atom. The molecule has 0 aliphatic carbocycles. The molecule has 6 nitrogen and oxygen atoms in total. The molecule has 3 heterocycles. The molecule has 0 N–H and O–H groups in total. The Labute approximate surface area is 145 Å². The minimum absolute atomic E-state index is 0.408. The number of nitriles is 1. The van der Waals surface area contributed by atoms with Gasteiger partial charge < -0.3 is 9.64 Å². The molecule has 3 rings (SSSR count). The molecule has 0 saturated carbocycles. The number of aromatic nitrogens is 3. The van der Waals surface area contributed by atoms with Gasteiger partial charge in [-0.25, -0.2) is 9.97 Å². The summed E-state index contributed by atoms with van der Waals surface area (Å²) in [4.78, 5) is 14.9. The fourth-order valence-corrected chi connectivity index (χ4v) is 3.15. The third-order valence-electron chi connectivity index (χ3n) is 4.00. The highest BCUT2D eigenvalue weighted by Gasteiger charge is 2.24. The Hall–Kier alpha value is -2.33. The van der Waals surface area contributed by atoms with E-state index < -0.39 is 0 Å². The fraction of sp³-hybridized carbons (Fsp3) is 0.412. The first-order valence-corrected chi connectivity index (χ1v) is 9.11. The molecule has 0 radical (unpaired) electrons. The zero-order valence-corrected chi connectivity index (χ0v) is 14.4. The van der Waals surface area contributed by atoms with E-state index in [1.54, 1.807) is 18.6 Å². The molecule has 1 unspecified atom stereocenters. The smallest absolute Gasteiger partial charge is 0.189 e. The third-order valence-corrected chi connectivity index (χ3v) is 4.57. The highest BCUT2D eigenvalue weighted by atomic mass is 32.2. The normalized spacial score (nSPS) is 17.3. The van der Waals surface area contributed by atoms with Gasteiger partial charge in [-0.15, -0.1) is 0 Å². The van der Waals surface area contributed by atoms with Crippen molar-refractivity contribution in [3.8, 4) is 11.8 Å². The number of anilines is 1. The Kier molecular flexibility index (Phi) is 5.49. The second-order valence-corrected chi connectivity index (χ2v) is 6.43. The van der Waals surface area contributed by atoms with Gasteiger partial charge in [-0.05, 0) is 31.2 Å². The zero-order chi connectivity index (χ0) is 16.8. The molecule has 1 fully saturated rings. The standard InChI is InChI=1S/C17H19N5OS/c1-24-17-20-10-14(9-18)16(21-17)22-8-2-3-13(11-22)12-23-15-4-6-19-7-5-15/h4-7,10,13H,2-3,8,11-12H2,1H3. The van der Waals surface area contributed by atoms with E-state index in [4.69, 9.17) is 4.74 Å². The van der Waals surface area contributed by atoms with Crippen LogP contribution in [0, 0.1) is 17.2 Å². The second kappa shape index (κ2) is 7.97. The van der Waals surface area contributed by atoms with Crippen molar-refractivity contribution in [2.75, 3.05) is 30.9 Å². The summed E-state index contributed by atoms with van der Waals surface area (Å²) in [5.74, 6) is 1.99. The lowest BCUT2D eigenvalue weighted by molar-refractivity contribution is 0.228. The molecule has 0 aromatic carbocycles. The Bertz CT molecular complexity index is 719. The van der Waals surface area contributed by atoms with Gasteiger partial charge in [0.1, 0.15) is 17.4 Å². The lowest BCUT2D eigenvalue weighted by Gasteiger charge is -2.33. The van der Waals surface area contributed by atoms with E-state index in [0.717, 1.165) is 37.5 Å². The van der Waals surface area contributed by atoms with Crippen LogP contribution in [0.2, 0.25) is 0 Å². The molecule has 1 saturated heterocycles. The van der Waals surface area contributed by atoms with E-state index in [9.17, 15) is 5.26 Å². The number of hydrogen-bond acceptors (Lipinski definition) is 7. The number of thioether (sulfide) groups is 1. The third kappa shape index (κ3) is 3.95. The van der Waals surface area contributed by atoms with Crippen molar-refractivity contribution in [2.45, 2.75) is 18.0 Å². The van der Waals surface area contributed by atoms with Crippen molar-refractivity contribution < 1.29 is 4.74 Å². The van der Waals surface area contributed by atoms with Crippen LogP contribution in [0.15, 0.2) is 35.9 Å². The minimum Gasteiger partial charge on any atom is -0.493 e. The van der Waals surface area contributed by atoms with Gasteiger partial charge in [0.2, 0.25) is 0 Å². The van der Waals surface area contributed by atoms with Gasteiger partial charge in [0.05, 0.1) is 12.8 Å². The maximum absolute atomic E-state index is 9.34. The molecular weight excluding hydrogens is 322 g/mol. The largest absolute Gasteiger partial charge is 0.493 e. The summed E-state index contributed by atoms with van der Waals surface area (Å²) < 4.78 is 5.86. The maximum Gasteiger partial charge on any atom is 0.189 e. The van der Waals surface area contributed by atoms with Crippen molar-refractivity contribution in [1.82, 2.24) is 15.0 Å². The van der Waals surface area contributed by atoms with Crippen LogP contribution in [-0.2, 0) is 0 Å². The first kappa shape index (κ1) is 16.5. The Balaban J connectivity index is 1.68. The van der Waals surface area contributed by atoms with E-state index in [-0.39, 0.29) is 0 Å². The average molecular weight is 341 g/mol. The van der Waals surface area contributed by atoms with Crippen LogP contribution in [0.25, 0.3) is 0 Å². The number of hydrogen-bond donors (Lipinski definition) is 0. The summed E-state index contributed by atoms with van der Waals surface area (Å²) in [6, 6.07) is 5.93. The first-order chi connectivity index (χ1) is 11.8. The number of rotatable bonds is 5. The summed E-state index contributed by atoms with van der Waals surface area (Å²) >= 11 is 1.49. The predicted molar refractivity (Wildman–Crippen MR) is 93.2 cm³/mol. The van der Waals surface area contributed by atoms with Crippen molar-refractivity contribution in [3.63, 3.8) is 0 Å². The zero-order valence-electron chi connectivity index (χ0n) is 13.6. The molecular formula is C17H19N5OS. The molecule has 7 heteroatoms. The topological polar surface area (TPSA) is 74.9 Å². The van der Waals surface area contributed by atoms with Crippen LogP contribution in [0.5, 0.6) is 5.75 Å². The van der Waals surface area contributed by atoms with Crippen LogP contribution >= 0.6 is 11.8 Å². The molecule has 1 aliphatic heterocycles. The lowest BCUT2D eigenvalue weighted by atomic mass is 9.98. The molecule has 24 heavy (non-hydrogen) atoms. The second-order valence-electron chi connectivity index (χ2n) is 5.65. The first-order valence-electron chi connectivity index (χ1n) is 7.89. The van der Waals surface area contributed by atoms with Crippen LogP contribution in [0.1, 0.15) is 18.4 Å². The molecule has 1 aliphatic rings. The SMILES string of the molecule is CSc1ncc(C#N)c(N2CCCC(COc3ccncc3)C2)n1. The number of nitrogens with zero attached hydrogens (tertiary/aromatic N) is 5. The van der Waals surface area contributed by atoms with Gasteiger partial charge in [0, 0.05) is 31.4 Å². The molecule has 0 amide bonds. The summed E-state index contributed by atoms with van der Waals surface area (Å²) in [5.41, 5.74) is 0.531. The van der Waals surface area contributed by atoms with Crippen LogP contribution < -0.4 is 9.64 Å². The summed E-state index contributed by atoms with van der Waals surface area (Å²) in [5, 5.41) is 10.0. The van der Waals surface area contributed by atoms with Crippen LogP contribution in [0.4, 0.5) is 5.82 Å². The van der Waals surface area contributed by atoms with Gasteiger partial charge in [0.25, 0.3) is 0 Å². The van der Waals surface area contributed by atoms with Gasteiger partial charge in [0.15, 0.2) is 11.0 Å². The molecule has 0 spiro atoms. The van der Waals surface area contributed by atoms with E-state index >= 15 is 0 Å². The van der Waals surface area contributed by atoms with Crippen molar-refractivity contribution >= 4 is 17.6 Å². The highest BCUT2D eigenvalue weighted by molar-refractivity contribution is 7.98. The van der Waals surface area contributed by atoms with Crippen LogP contribution in [-0.4, -0.2) is 40.9 Å². The van der Waals surface area contributed by atoms with Gasteiger partial charge in [-0.3, -0.25) is 4.98 Å². The van der Waals surface area contributed by atoms with Crippen molar-refractivity contribution in [1.29, 1.82) is 5.26 Å². The quantitative estimate of drug-likeness (QED) is 0.611. The summed E-state index contributed by atoms with van der Waals surface area (Å²) in [6.07, 6.45) is 9.19. The average Bonchev–Trinajstić information content (AvgIpc) is 2.67. The van der Waals surface area contributed by atoms with E-state index in [2.05, 4.69) is 25.9 Å². The Morgan fingerprint density at radius 2 is 2.25 bits per heavy atom. The molecule has 2 aromatic heterocycles. The van der Waals surface area contributed by atoms with Gasteiger partial charge in [-0.2, -0.15) is 5.26 Å². The predicted octanol–water partition coefficient (Wildman–Crippen LogP) is 2.76.